The third-order valence-corrected chi connectivity index (χ3v) is 6.09. The lowest BCUT2D eigenvalue weighted by Crippen LogP contribution is -2.34. The fraction of sp³-hybridized carbons (Fsp3) is 0.200. The average molecular weight is 538 g/mol. The van der Waals surface area contributed by atoms with Gasteiger partial charge in [-0.2, -0.15) is 4.80 Å². The molecule has 0 bridgehead atoms. The molecule has 0 aliphatic rings. The van der Waals surface area contributed by atoms with Crippen LogP contribution in [-0.2, 0) is 6.42 Å². The quantitative estimate of drug-likeness (QED) is 0.312. The average Bonchev–Trinajstić information content (AvgIpc) is 3.23. The summed E-state index contributed by atoms with van der Waals surface area (Å²) in [6.07, 6.45) is 0.981. The maximum atomic E-state index is 12.6. The van der Waals surface area contributed by atoms with Gasteiger partial charge in [-0.05, 0) is 102 Å². The van der Waals surface area contributed by atoms with Crippen LogP contribution in [0.3, 0.4) is 0 Å². The Morgan fingerprint density at radius 2 is 1.76 bits per heavy atom. The molecule has 34 heavy (non-hydrogen) atoms. The molecular weight excluding hydrogens is 514 g/mol. The third kappa shape index (κ3) is 5.26. The Morgan fingerprint density at radius 3 is 2.41 bits per heavy atom. The molecule has 0 fully saturated rings. The number of thiocarbonyl (C=S) groups is 1. The smallest absolute Gasteiger partial charge is 0.257 e. The van der Waals surface area contributed by atoms with Crippen molar-refractivity contribution < 1.29 is 9.53 Å². The number of benzene rings is 3. The van der Waals surface area contributed by atoms with E-state index in [1.807, 2.05) is 38.1 Å². The van der Waals surface area contributed by atoms with Crippen LogP contribution in [0.4, 0.5) is 5.69 Å². The summed E-state index contributed by atoms with van der Waals surface area (Å²) in [5.41, 5.74) is 5.79. The van der Waals surface area contributed by atoms with Gasteiger partial charge in [0.1, 0.15) is 16.8 Å². The molecule has 0 radical (unpaired) electrons. The van der Waals surface area contributed by atoms with Crippen molar-refractivity contribution >= 4 is 55.9 Å². The second kappa shape index (κ2) is 10.3. The van der Waals surface area contributed by atoms with Crippen LogP contribution < -0.4 is 15.4 Å². The van der Waals surface area contributed by atoms with E-state index >= 15 is 0 Å². The van der Waals surface area contributed by atoms with Gasteiger partial charge in [0.2, 0.25) is 0 Å². The molecule has 0 aliphatic heterocycles. The van der Waals surface area contributed by atoms with Crippen LogP contribution in [0.1, 0.15) is 35.3 Å². The maximum absolute atomic E-state index is 12.6. The maximum Gasteiger partial charge on any atom is 0.257 e. The fourth-order valence-corrected chi connectivity index (χ4v) is 4.12. The molecule has 0 saturated heterocycles. The molecule has 0 spiro atoms. The number of fused-ring (bicyclic) bond motifs is 1. The number of ether oxygens (including phenoxy) is 1. The van der Waals surface area contributed by atoms with Gasteiger partial charge in [0.15, 0.2) is 5.11 Å². The van der Waals surface area contributed by atoms with Gasteiger partial charge in [-0.1, -0.05) is 19.1 Å². The van der Waals surface area contributed by atoms with Gasteiger partial charge >= 0.3 is 0 Å². The Balaban J connectivity index is 1.48. The molecule has 1 aromatic heterocycles. The Labute approximate surface area is 211 Å². The first-order chi connectivity index (χ1) is 16.4. The van der Waals surface area contributed by atoms with Gasteiger partial charge in [-0.3, -0.25) is 10.1 Å². The lowest BCUT2D eigenvalue weighted by Gasteiger charge is -2.12. The van der Waals surface area contributed by atoms with Gasteiger partial charge in [-0.15, -0.1) is 10.2 Å². The van der Waals surface area contributed by atoms with Crippen molar-refractivity contribution in [2.75, 3.05) is 11.9 Å². The second-order valence-corrected chi connectivity index (χ2v) is 8.91. The van der Waals surface area contributed by atoms with Gasteiger partial charge < -0.3 is 10.1 Å². The molecule has 9 heteroatoms. The van der Waals surface area contributed by atoms with Gasteiger partial charge in [-0.25, -0.2) is 0 Å². The topological polar surface area (TPSA) is 81.1 Å². The Hall–Kier alpha value is -3.30. The van der Waals surface area contributed by atoms with Crippen LogP contribution in [0.2, 0.25) is 0 Å². The first kappa shape index (κ1) is 23.8. The number of halogens is 1. The Morgan fingerprint density at radius 1 is 1.06 bits per heavy atom. The van der Waals surface area contributed by atoms with E-state index in [1.165, 1.54) is 5.56 Å². The summed E-state index contributed by atoms with van der Waals surface area (Å²) in [5, 5.41) is 15.2. The highest BCUT2D eigenvalue weighted by atomic mass is 79.9. The monoisotopic (exact) mass is 537 g/mol. The molecular formula is C25H24BrN5O2S. The van der Waals surface area contributed by atoms with Gasteiger partial charge in [0.25, 0.3) is 5.91 Å². The minimum atomic E-state index is -0.318. The molecule has 1 heterocycles. The van der Waals surface area contributed by atoms with E-state index in [0.717, 1.165) is 34.4 Å². The summed E-state index contributed by atoms with van der Waals surface area (Å²) in [6, 6.07) is 17.1. The highest BCUT2D eigenvalue weighted by molar-refractivity contribution is 9.10. The standard InChI is InChI=1S/C25H24BrN5O2S/c1-4-16-6-9-18(10-7-16)31-29-21-12-15(3)20(14-22(21)30-31)27-25(34)28-24(32)17-8-11-23(33-5-2)19(26)13-17/h6-14H,4-5H2,1-3H3,(H2,27,28,32,34). The summed E-state index contributed by atoms with van der Waals surface area (Å²) in [6.45, 7) is 6.52. The molecule has 4 rings (SSSR count). The van der Waals surface area contributed by atoms with Crippen molar-refractivity contribution in [2.45, 2.75) is 27.2 Å². The zero-order valence-electron chi connectivity index (χ0n) is 19.1. The molecule has 174 valence electrons. The van der Waals surface area contributed by atoms with Gasteiger partial charge in [0.05, 0.1) is 16.8 Å². The van der Waals surface area contributed by atoms with Crippen molar-refractivity contribution in [3.8, 4) is 11.4 Å². The molecule has 4 aromatic rings. The van der Waals surface area contributed by atoms with Crippen molar-refractivity contribution in [1.29, 1.82) is 0 Å². The minimum Gasteiger partial charge on any atom is -0.493 e. The summed E-state index contributed by atoms with van der Waals surface area (Å²) >= 11 is 8.81. The fourth-order valence-electron chi connectivity index (χ4n) is 3.43. The minimum absolute atomic E-state index is 0.194. The lowest BCUT2D eigenvalue weighted by atomic mass is 10.2. The van der Waals surface area contributed by atoms with E-state index < -0.39 is 0 Å². The van der Waals surface area contributed by atoms with Crippen molar-refractivity contribution in [2.24, 2.45) is 0 Å². The number of rotatable bonds is 6. The van der Waals surface area contributed by atoms with Crippen LogP contribution in [0.15, 0.2) is 59.1 Å². The Bertz CT molecular complexity index is 1370. The van der Waals surface area contributed by atoms with Crippen LogP contribution in [0, 0.1) is 6.92 Å². The van der Waals surface area contributed by atoms with Crippen molar-refractivity contribution in [1.82, 2.24) is 20.3 Å². The summed E-state index contributed by atoms with van der Waals surface area (Å²) in [4.78, 5) is 14.3. The molecule has 0 saturated carbocycles. The number of hydrogen-bond donors (Lipinski definition) is 2. The second-order valence-electron chi connectivity index (χ2n) is 7.65. The number of carbonyl (C=O) groups excluding carboxylic acids is 1. The van der Waals surface area contributed by atoms with E-state index in [1.54, 1.807) is 23.0 Å². The first-order valence-electron chi connectivity index (χ1n) is 10.9. The molecule has 3 aromatic carbocycles. The van der Waals surface area contributed by atoms with Crippen LogP contribution in [0.25, 0.3) is 16.7 Å². The number of aromatic nitrogens is 3. The first-order valence-corrected chi connectivity index (χ1v) is 12.1. The predicted octanol–water partition coefficient (Wildman–Crippen LogP) is 5.58. The number of aryl methyl sites for hydroxylation is 2. The predicted molar refractivity (Wildman–Crippen MR) is 142 cm³/mol. The van der Waals surface area contributed by atoms with E-state index in [-0.39, 0.29) is 11.0 Å². The number of amides is 1. The highest BCUT2D eigenvalue weighted by Gasteiger charge is 2.13. The Kier molecular flexibility index (Phi) is 7.23. The lowest BCUT2D eigenvalue weighted by molar-refractivity contribution is 0.0977. The number of nitrogens with one attached hydrogen (secondary N) is 2. The molecule has 0 aliphatic carbocycles. The van der Waals surface area contributed by atoms with Crippen molar-refractivity contribution in [3.63, 3.8) is 0 Å². The summed E-state index contributed by atoms with van der Waals surface area (Å²) in [7, 11) is 0. The zero-order valence-corrected chi connectivity index (χ0v) is 21.5. The van der Waals surface area contributed by atoms with E-state index in [0.29, 0.717) is 22.4 Å². The van der Waals surface area contributed by atoms with E-state index in [9.17, 15) is 4.79 Å². The van der Waals surface area contributed by atoms with Crippen molar-refractivity contribution in [3.05, 3.63) is 75.8 Å². The van der Waals surface area contributed by atoms with Crippen LogP contribution in [0.5, 0.6) is 5.75 Å². The molecule has 7 nitrogen and oxygen atoms in total. The summed E-state index contributed by atoms with van der Waals surface area (Å²) in [5.74, 6) is 0.361. The van der Waals surface area contributed by atoms with Crippen LogP contribution in [-0.4, -0.2) is 32.6 Å². The largest absolute Gasteiger partial charge is 0.493 e. The van der Waals surface area contributed by atoms with Crippen LogP contribution >= 0.6 is 28.1 Å². The molecule has 0 atom stereocenters. The normalized spacial score (nSPS) is 10.8. The molecule has 1 amide bonds. The number of carbonyl (C=O) groups is 1. The van der Waals surface area contributed by atoms with Gasteiger partial charge in [0, 0.05) is 11.3 Å². The summed E-state index contributed by atoms with van der Waals surface area (Å²) < 4.78 is 6.19. The van der Waals surface area contributed by atoms with E-state index in [4.69, 9.17) is 17.0 Å². The number of hydrogen-bond acceptors (Lipinski definition) is 5. The molecule has 0 unspecified atom stereocenters. The van der Waals surface area contributed by atoms with E-state index in [2.05, 4.69) is 55.8 Å². The number of anilines is 1. The third-order valence-electron chi connectivity index (χ3n) is 5.27. The molecule has 2 N–H and O–H groups in total. The highest BCUT2D eigenvalue weighted by Crippen LogP contribution is 2.26. The SMILES string of the molecule is CCOc1ccc(C(=O)NC(=S)Nc2cc3nn(-c4ccc(CC)cc4)nc3cc2C)cc1Br. The number of nitrogens with zero attached hydrogens (tertiary/aromatic N) is 3. The zero-order chi connectivity index (χ0) is 24.2.